The van der Waals surface area contributed by atoms with E-state index in [1.165, 1.54) is 0 Å². The molecule has 1 aromatic carbocycles. The molecule has 1 rings (SSSR count). The molecule has 1 aromatic rings. The lowest BCUT2D eigenvalue weighted by molar-refractivity contribution is -0.143. The lowest BCUT2D eigenvalue weighted by Gasteiger charge is -2.17. The summed E-state index contributed by atoms with van der Waals surface area (Å²) in [6.07, 6.45) is 0.480. The van der Waals surface area contributed by atoms with Gasteiger partial charge in [-0.15, -0.1) is 0 Å². The molecule has 19 heavy (non-hydrogen) atoms. The first-order chi connectivity index (χ1) is 9.08. The van der Waals surface area contributed by atoms with Gasteiger partial charge in [-0.2, -0.15) is 12.6 Å². The van der Waals surface area contributed by atoms with Crippen LogP contribution in [0.1, 0.15) is 5.56 Å². The fourth-order valence-corrected chi connectivity index (χ4v) is 1.91. The Balaban J connectivity index is 2.64. The third-order valence-electron chi connectivity index (χ3n) is 2.71. The number of hydrogen-bond donors (Lipinski definition) is 4. The topological polar surface area (TPSA) is 86.6 Å². The summed E-state index contributed by atoms with van der Waals surface area (Å²) < 4.78 is 0. The summed E-state index contributed by atoms with van der Waals surface area (Å²) >= 11 is 4.12. The average molecular weight is 283 g/mol. The van der Waals surface area contributed by atoms with E-state index in [1.807, 2.05) is 30.3 Å². The molecule has 0 aliphatic carbocycles. The van der Waals surface area contributed by atoms with Crippen molar-refractivity contribution in [1.29, 1.82) is 0 Å². The molecule has 2 atom stereocenters. The minimum absolute atomic E-state index is 0.304. The van der Waals surface area contributed by atoms with Crippen molar-refractivity contribution < 1.29 is 19.8 Å². The first kappa shape index (κ1) is 15.5. The van der Waals surface area contributed by atoms with Gasteiger partial charge < -0.3 is 15.5 Å². The van der Waals surface area contributed by atoms with Gasteiger partial charge in [0.2, 0.25) is 5.91 Å². The maximum absolute atomic E-state index is 11.9. The molecule has 0 saturated carbocycles. The second kappa shape index (κ2) is 7.81. The van der Waals surface area contributed by atoms with E-state index in [1.54, 1.807) is 0 Å². The number of carbonyl (C=O) groups is 2. The second-order valence-corrected chi connectivity index (χ2v) is 4.52. The van der Waals surface area contributed by atoms with Gasteiger partial charge in [-0.3, -0.25) is 4.79 Å². The fraction of sp³-hybridized carbons (Fsp3) is 0.385. The van der Waals surface area contributed by atoms with E-state index in [4.69, 9.17) is 10.2 Å². The number of carboxylic acid groups (broad SMARTS) is 1. The van der Waals surface area contributed by atoms with E-state index < -0.39 is 30.4 Å². The Kier molecular flexibility index (Phi) is 6.38. The molecule has 0 aromatic heterocycles. The van der Waals surface area contributed by atoms with E-state index in [2.05, 4.69) is 17.9 Å². The minimum atomic E-state index is -1.27. The maximum Gasteiger partial charge on any atom is 0.328 e. The van der Waals surface area contributed by atoms with Crippen LogP contribution in [0.15, 0.2) is 30.3 Å². The number of aliphatic carboxylic acids is 1. The molecular weight excluding hydrogens is 266 g/mol. The van der Waals surface area contributed by atoms with Crippen LogP contribution in [-0.4, -0.2) is 40.5 Å². The summed E-state index contributed by atoms with van der Waals surface area (Å²) in [6, 6.07) is 8.14. The van der Waals surface area contributed by atoms with Gasteiger partial charge in [0.1, 0.15) is 6.04 Å². The normalized spacial score (nSPS) is 13.6. The van der Waals surface area contributed by atoms with Crippen LogP contribution >= 0.6 is 12.6 Å². The number of aliphatic hydroxyl groups excluding tert-OH is 1. The standard InChI is InChI=1S/C13H17NO4S/c15-7-11(13(17)18)14-12(16)10(8-19)6-9-4-2-1-3-5-9/h1-5,10-11,15,19H,6-8H2,(H,14,16)(H,17,18)/t10-,11+/m1/s1. The summed E-state index contributed by atoms with van der Waals surface area (Å²) in [6.45, 7) is -0.633. The smallest absolute Gasteiger partial charge is 0.328 e. The lowest BCUT2D eigenvalue weighted by atomic mass is 10.00. The third-order valence-corrected chi connectivity index (χ3v) is 3.15. The summed E-state index contributed by atoms with van der Waals surface area (Å²) in [7, 11) is 0. The number of carboxylic acids is 1. The van der Waals surface area contributed by atoms with Crippen LogP contribution in [0.4, 0.5) is 0 Å². The molecule has 0 radical (unpaired) electrons. The first-order valence-electron chi connectivity index (χ1n) is 5.87. The molecular formula is C13H17NO4S. The van der Waals surface area contributed by atoms with Gasteiger partial charge in [-0.1, -0.05) is 30.3 Å². The highest BCUT2D eigenvalue weighted by atomic mass is 32.1. The second-order valence-electron chi connectivity index (χ2n) is 4.15. The van der Waals surface area contributed by atoms with Crippen LogP contribution in [0.3, 0.4) is 0 Å². The minimum Gasteiger partial charge on any atom is -0.480 e. The molecule has 0 heterocycles. The Labute approximate surface area is 117 Å². The lowest BCUT2D eigenvalue weighted by Crippen LogP contribution is -2.46. The molecule has 0 bridgehead atoms. The number of nitrogens with one attached hydrogen (secondary N) is 1. The van der Waals surface area contributed by atoms with Gasteiger partial charge in [0.25, 0.3) is 0 Å². The zero-order chi connectivity index (χ0) is 14.3. The third kappa shape index (κ3) is 4.92. The highest BCUT2D eigenvalue weighted by Crippen LogP contribution is 2.11. The maximum atomic E-state index is 11.9. The fourth-order valence-electron chi connectivity index (χ4n) is 1.61. The number of aliphatic hydroxyl groups is 1. The molecule has 0 fully saturated rings. The van der Waals surface area contributed by atoms with Crippen molar-refractivity contribution in [3.63, 3.8) is 0 Å². The summed E-state index contributed by atoms with van der Waals surface area (Å²) in [5, 5.41) is 19.9. The number of rotatable bonds is 7. The molecule has 5 nitrogen and oxygen atoms in total. The van der Waals surface area contributed by atoms with Crippen molar-refractivity contribution in [3.05, 3.63) is 35.9 Å². The molecule has 0 aliphatic rings. The number of hydrogen-bond acceptors (Lipinski definition) is 4. The molecule has 1 amide bonds. The summed E-state index contributed by atoms with van der Waals surface area (Å²) in [5.41, 5.74) is 0.979. The van der Waals surface area contributed by atoms with Gasteiger partial charge in [-0.25, -0.2) is 4.79 Å². The van der Waals surface area contributed by atoms with E-state index in [9.17, 15) is 9.59 Å². The van der Waals surface area contributed by atoms with Crippen molar-refractivity contribution in [1.82, 2.24) is 5.32 Å². The Hall–Kier alpha value is -1.53. The summed E-state index contributed by atoms with van der Waals surface area (Å²) in [4.78, 5) is 22.7. The van der Waals surface area contributed by atoms with E-state index in [0.717, 1.165) is 5.56 Å². The van der Waals surface area contributed by atoms with Crippen LogP contribution in [0.5, 0.6) is 0 Å². The molecule has 0 saturated heterocycles. The number of carbonyl (C=O) groups excluding carboxylic acids is 1. The number of thiol groups is 1. The highest BCUT2D eigenvalue weighted by Gasteiger charge is 2.24. The molecule has 3 N–H and O–H groups in total. The molecule has 6 heteroatoms. The average Bonchev–Trinajstić information content (AvgIpc) is 2.42. The van der Waals surface area contributed by atoms with Gasteiger partial charge in [0.15, 0.2) is 0 Å². The number of benzene rings is 1. The van der Waals surface area contributed by atoms with Crippen molar-refractivity contribution in [3.8, 4) is 0 Å². The van der Waals surface area contributed by atoms with Crippen molar-refractivity contribution in [2.24, 2.45) is 5.92 Å². The van der Waals surface area contributed by atoms with E-state index in [-0.39, 0.29) is 0 Å². The molecule has 104 valence electrons. The van der Waals surface area contributed by atoms with Crippen LogP contribution in [-0.2, 0) is 16.0 Å². The predicted octanol–water partition coefficient (Wildman–Crippen LogP) is 0.337. The Bertz CT molecular complexity index is 424. The Morgan fingerprint density at radius 3 is 2.37 bits per heavy atom. The van der Waals surface area contributed by atoms with Gasteiger partial charge >= 0.3 is 5.97 Å². The Morgan fingerprint density at radius 1 is 1.26 bits per heavy atom. The predicted molar refractivity (Wildman–Crippen MR) is 74.1 cm³/mol. The van der Waals surface area contributed by atoms with Crippen LogP contribution < -0.4 is 5.32 Å². The highest BCUT2D eigenvalue weighted by molar-refractivity contribution is 7.80. The van der Waals surface area contributed by atoms with Gasteiger partial charge in [-0.05, 0) is 12.0 Å². The Morgan fingerprint density at radius 2 is 1.89 bits per heavy atom. The van der Waals surface area contributed by atoms with Crippen LogP contribution in [0.2, 0.25) is 0 Å². The molecule has 0 spiro atoms. The van der Waals surface area contributed by atoms with Crippen molar-refractivity contribution in [2.75, 3.05) is 12.4 Å². The van der Waals surface area contributed by atoms with Crippen molar-refractivity contribution >= 4 is 24.5 Å². The zero-order valence-electron chi connectivity index (χ0n) is 10.3. The zero-order valence-corrected chi connectivity index (χ0v) is 11.2. The summed E-state index contributed by atoms with van der Waals surface area (Å²) in [5.74, 6) is -1.80. The van der Waals surface area contributed by atoms with Crippen LogP contribution in [0, 0.1) is 5.92 Å². The largest absolute Gasteiger partial charge is 0.480 e. The quantitative estimate of drug-likeness (QED) is 0.543. The molecule has 0 aliphatic heterocycles. The van der Waals surface area contributed by atoms with Crippen molar-refractivity contribution in [2.45, 2.75) is 12.5 Å². The van der Waals surface area contributed by atoms with Gasteiger partial charge in [0.05, 0.1) is 12.5 Å². The molecule has 0 unspecified atom stereocenters. The van der Waals surface area contributed by atoms with E-state index >= 15 is 0 Å². The number of amides is 1. The van der Waals surface area contributed by atoms with E-state index in [0.29, 0.717) is 12.2 Å². The monoisotopic (exact) mass is 283 g/mol. The van der Waals surface area contributed by atoms with Crippen LogP contribution in [0.25, 0.3) is 0 Å². The van der Waals surface area contributed by atoms with Gasteiger partial charge in [0, 0.05) is 5.75 Å². The first-order valence-corrected chi connectivity index (χ1v) is 6.50. The SMILES string of the molecule is O=C(N[C@@H](CO)C(=O)O)[C@@H](CS)Cc1ccccc1.